The van der Waals surface area contributed by atoms with Gasteiger partial charge in [-0.1, -0.05) is 30.3 Å². The van der Waals surface area contributed by atoms with Crippen LogP contribution in [0.15, 0.2) is 55.0 Å². The first-order valence-corrected chi connectivity index (χ1v) is 8.87. The normalized spacial score (nSPS) is 23.2. The molecule has 0 fully saturated rings. The van der Waals surface area contributed by atoms with Crippen LogP contribution >= 0.6 is 0 Å². The van der Waals surface area contributed by atoms with Crippen molar-refractivity contribution in [1.82, 2.24) is 9.55 Å². The zero-order valence-electron chi connectivity index (χ0n) is 14.2. The number of carbonyl (C=O) groups is 1. The summed E-state index contributed by atoms with van der Waals surface area (Å²) < 4.78 is 2.17. The van der Waals surface area contributed by atoms with E-state index in [9.17, 15) is 9.90 Å². The van der Waals surface area contributed by atoms with Crippen molar-refractivity contribution in [3.8, 4) is 11.3 Å². The predicted octanol–water partition coefficient (Wildman–Crippen LogP) is 2.85. The summed E-state index contributed by atoms with van der Waals surface area (Å²) >= 11 is 0. The topological polar surface area (TPSA) is 81.1 Å². The van der Waals surface area contributed by atoms with Crippen molar-refractivity contribution in [2.75, 3.05) is 0 Å². The van der Waals surface area contributed by atoms with Crippen LogP contribution in [0, 0.1) is 5.92 Å². The number of aromatic nitrogens is 2. The molecule has 0 spiro atoms. The number of benzene rings is 2. The third kappa shape index (κ3) is 2.07. The van der Waals surface area contributed by atoms with Crippen LogP contribution in [0.1, 0.15) is 45.6 Å². The highest BCUT2D eigenvalue weighted by molar-refractivity contribution is 5.93. The molecule has 2 aromatic carbocycles. The number of rotatable bonds is 2. The zero-order valence-corrected chi connectivity index (χ0v) is 14.2. The van der Waals surface area contributed by atoms with Crippen molar-refractivity contribution in [1.29, 1.82) is 0 Å². The second kappa shape index (κ2) is 5.54. The summed E-state index contributed by atoms with van der Waals surface area (Å²) in [6.45, 7) is 0. The number of primary amides is 1. The molecule has 1 aliphatic carbocycles. The fourth-order valence-corrected chi connectivity index (χ4v) is 4.60. The van der Waals surface area contributed by atoms with Gasteiger partial charge in [0.15, 0.2) is 0 Å². The van der Waals surface area contributed by atoms with Gasteiger partial charge in [-0.05, 0) is 41.7 Å². The Morgan fingerprint density at radius 2 is 2.04 bits per heavy atom. The summed E-state index contributed by atoms with van der Waals surface area (Å²) in [5.74, 6) is -0.451. The molecule has 1 aromatic heterocycles. The highest BCUT2D eigenvalue weighted by Crippen LogP contribution is 2.49. The van der Waals surface area contributed by atoms with Crippen LogP contribution in [0.3, 0.4) is 0 Å². The quantitative estimate of drug-likeness (QED) is 0.749. The Hall–Kier alpha value is -2.92. The van der Waals surface area contributed by atoms with Gasteiger partial charge in [-0.15, -0.1) is 0 Å². The molecule has 5 nitrogen and oxygen atoms in total. The van der Waals surface area contributed by atoms with Gasteiger partial charge in [0, 0.05) is 17.0 Å². The van der Waals surface area contributed by atoms with Crippen molar-refractivity contribution in [3.63, 3.8) is 0 Å². The third-order valence-corrected chi connectivity index (χ3v) is 5.83. The number of imidazole rings is 1. The number of hydrogen-bond acceptors (Lipinski definition) is 3. The first-order valence-electron chi connectivity index (χ1n) is 8.87. The molecule has 5 heteroatoms. The van der Waals surface area contributed by atoms with E-state index in [4.69, 9.17) is 5.73 Å². The summed E-state index contributed by atoms with van der Waals surface area (Å²) in [6, 6.07) is 13.8. The smallest absolute Gasteiger partial charge is 0.248 e. The first-order chi connectivity index (χ1) is 12.6. The highest BCUT2D eigenvalue weighted by Gasteiger charge is 2.40. The van der Waals surface area contributed by atoms with Crippen LogP contribution in [0.5, 0.6) is 0 Å². The van der Waals surface area contributed by atoms with Crippen LogP contribution in [-0.4, -0.2) is 20.6 Å². The van der Waals surface area contributed by atoms with Gasteiger partial charge in [0.25, 0.3) is 0 Å². The number of carbonyl (C=O) groups excluding carboxylic acids is 1. The molecule has 3 atom stereocenters. The van der Waals surface area contributed by atoms with E-state index >= 15 is 0 Å². The summed E-state index contributed by atoms with van der Waals surface area (Å²) in [7, 11) is 0. The Morgan fingerprint density at radius 1 is 1.19 bits per heavy atom. The van der Waals surface area contributed by atoms with E-state index in [1.165, 1.54) is 11.1 Å². The minimum atomic E-state index is -0.649. The minimum absolute atomic E-state index is 0.0160. The van der Waals surface area contributed by atoms with E-state index in [0.717, 1.165) is 29.7 Å². The van der Waals surface area contributed by atoms with Crippen molar-refractivity contribution >= 4 is 5.91 Å². The van der Waals surface area contributed by atoms with E-state index in [-0.39, 0.29) is 12.0 Å². The average molecular weight is 345 g/mol. The predicted molar refractivity (Wildman–Crippen MR) is 97.5 cm³/mol. The molecule has 3 N–H and O–H groups in total. The lowest BCUT2D eigenvalue weighted by Gasteiger charge is -2.35. The Kier molecular flexibility index (Phi) is 3.27. The largest absolute Gasteiger partial charge is 0.388 e. The molecule has 3 aromatic rings. The van der Waals surface area contributed by atoms with E-state index in [1.807, 2.05) is 30.7 Å². The van der Waals surface area contributed by atoms with Crippen LogP contribution < -0.4 is 5.73 Å². The lowest BCUT2D eigenvalue weighted by molar-refractivity contribution is 0.0719. The van der Waals surface area contributed by atoms with Crippen molar-refractivity contribution in [2.45, 2.75) is 25.0 Å². The number of hydrogen-bond donors (Lipinski definition) is 2. The molecule has 5 rings (SSSR count). The monoisotopic (exact) mass is 345 g/mol. The molecule has 130 valence electrons. The number of aliphatic hydroxyl groups excluding tert-OH is 1. The Morgan fingerprint density at radius 3 is 2.88 bits per heavy atom. The van der Waals surface area contributed by atoms with Gasteiger partial charge >= 0.3 is 0 Å². The summed E-state index contributed by atoms with van der Waals surface area (Å²) in [5, 5.41) is 11.2. The van der Waals surface area contributed by atoms with Gasteiger partial charge in [-0.25, -0.2) is 4.98 Å². The third-order valence-electron chi connectivity index (χ3n) is 5.83. The lowest BCUT2D eigenvalue weighted by atomic mass is 9.75. The van der Waals surface area contributed by atoms with Gasteiger partial charge in [-0.3, -0.25) is 4.79 Å². The number of amides is 1. The second-order valence-corrected chi connectivity index (χ2v) is 7.14. The van der Waals surface area contributed by atoms with Crippen molar-refractivity contribution in [3.05, 3.63) is 77.2 Å². The standard InChI is InChI=1S/C21H19N3O2/c22-21(26)13-6-5-12-7-8-16(20(25)17(12)9-13)19-15-4-2-1-3-14(15)18-10-23-11-24(18)19/h1-6,9-11,16,19-20,25H,7-8H2,(H2,22,26)/t16-,19-,20-/m1/s1. The Labute approximate surface area is 151 Å². The van der Waals surface area contributed by atoms with Gasteiger partial charge in [-0.2, -0.15) is 0 Å². The van der Waals surface area contributed by atoms with Gasteiger partial charge in [0.05, 0.1) is 30.4 Å². The molecule has 26 heavy (non-hydrogen) atoms. The highest BCUT2D eigenvalue weighted by atomic mass is 16.3. The summed E-state index contributed by atoms with van der Waals surface area (Å²) in [6.07, 6.45) is 4.83. The molecule has 2 heterocycles. The van der Waals surface area contributed by atoms with E-state index in [0.29, 0.717) is 5.56 Å². The lowest BCUT2D eigenvalue weighted by Crippen LogP contribution is -2.29. The van der Waals surface area contributed by atoms with Gasteiger partial charge in [0.1, 0.15) is 0 Å². The molecule has 2 aliphatic rings. The number of nitrogens with two attached hydrogens (primary N) is 1. The minimum Gasteiger partial charge on any atom is -0.388 e. The zero-order chi connectivity index (χ0) is 17.8. The van der Waals surface area contributed by atoms with Crippen molar-refractivity contribution in [2.24, 2.45) is 11.7 Å². The Balaban J connectivity index is 1.60. The van der Waals surface area contributed by atoms with E-state index in [1.54, 1.807) is 12.1 Å². The van der Waals surface area contributed by atoms with Crippen LogP contribution in [0.25, 0.3) is 11.3 Å². The first kappa shape index (κ1) is 15.3. The average Bonchev–Trinajstić information content (AvgIpc) is 3.23. The fraction of sp³-hybridized carbons (Fsp3) is 0.238. The number of nitrogens with zero attached hydrogens (tertiary/aromatic N) is 2. The maximum atomic E-state index is 11.6. The number of aliphatic hydroxyl groups is 1. The van der Waals surface area contributed by atoms with Crippen molar-refractivity contribution < 1.29 is 9.90 Å². The molecule has 0 saturated heterocycles. The maximum absolute atomic E-state index is 11.6. The SMILES string of the molecule is NC(=O)c1ccc2c(c1)[C@H](O)[C@@H]([C@H]1c3ccccc3-c3cncn31)CC2. The van der Waals surface area contributed by atoms with E-state index in [2.05, 4.69) is 21.7 Å². The maximum Gasteiger partial charge on any atom is 0.248 e. The molecule has 0 saturated carbocycles. The molecule has 1 aliphatic heterocycles. The van der Waals surface area contributed by atoms with Crippen LogP contribution in [-0.2, 0) is 6.42 Å². The fourth-order valence-electron chi connectivity index (χ4n) is 4.60. The molecular weight excluding hydrogens is 326 g/mol. The molecule has 0 bridgehead atoms. The second-order valence-electron chi connectivity index (χ2n) is 7.14. The molecule has 1 amide bonds. The van der Waals surface area contributed by atoms with E-state index < -0.39 is 12.0 Å². The molecular formula is C21H19N3O2. The summed E-state index contributed by atoms with van der Waals surface area (Å²) in [5.41, 5.74) is 11.3. The number of fused-ring (bicyclic) bond motifs is 4. The van der Waals surface area contributed by atoms with Crippen LogP contribution in [0.2, 0.25) is 0 Å². The number of aryl methyl sites for hydroxylation is 1. The molecule has 0 unspecified atom stereocenters. The summed E-state index contributed by atoms with van der Waals surface area (Å²) in [4.78, 5) is 15.9. The Bertz CT molecular complexity index is 1020. The molecule has 0 radical (unpaired) electrons. The van der Waals surface area contributed by atoms with Gasteiger partial charge < -0.3 is 15.4 Å². The van der Waals surface area contributed by atoms with Gasteiger partial charge in [0.2, 0.25) is 5.91 Å². The van der Waals surface area contributed by atoms with Crippen LogP contribution in [0.4, 0.5) is 0 Å².